The quantitative estimate of drug-likeness (QED) is 0.858. The number of rotatable bonds is 3. The first-order chi connectivity index (χ1) is 7.66. The number of aliphatic hydroxyl groups is 1. The average molecular weight is 238 g/mol. The van der Waals surface area contributed by atoms with Crippen LogP contribution >= 0.6 is 11.3 Å². The van der Waals surface area contributed by atoms with Crippen LogP contribution in [-0.4, -0.2) is 16.0 Å². The van der Waals surface area contributed by atoms with Gasteiger partial charge < -0.3 is 9.52 Å². The molecular weight excluding hydrogens is 228 g/mol. The van der Waals surface area contributed by atoms with Gasteiger partial charge in [-0.1, -0.05) is 0 Å². The third kappa shape index (κ3) is 2.29. The first-order valence-corrected chi connectivity index (χ1v) is 5.53. The number of aliphatic hydroxyl groups excluding tert-OH is 1. The van der Waals surface area contributed by atoms with Crippen LogP contribution in [0.1, 0.15) is 29.3 Å². The maximum atomic E-state index is 11.6. The highest BCUT2D eigenvalue weighted by molar-refractivity contribution is 7.14. The zero-order valence-electron chi connectivity index (χ0n) is 8.51. The number of carbonyl (C=O) groups excluding carboxylic acids is 1. The van der Waals surface area contributed by atoms with Gasteiger partial charge in [0.25, 0.3) is 5.91 Å². The van der Waals surface area contributed by atoms with Gasteiger partial charge in [0.2, 0.25) is 0 Å². The minimum atomic E-state index is -0.634. The van der Waals surface area contributed by atoms with Crippen LogP contribution < -0.4 is 5.32 Å². The summed E-state index contributed by atoms with van der Waals surface area (Å²) in [5, 5.41) is 14.0. The molecular formula is C10H10N2O3S. The zero-order chi connectivity index (χ0) is 11.5. The minimum Gasteiger partial charge on any atom is -0.459 e. The highest BCUT2D eigenvalue weighted by Gasteiger charge is 2.12. The second-order valence-corrected chi connectivity index (χ2v) is 4.04. The molecule has 0 aliphatic carbocycles. The number of nitrogens with zero attached hydrogens (tertiary/aromatic N) is 1. The molecule has 0 aromatic carbocycles. The third-order valence-electron chi connectivity index (χ3n) is 1.92. The van der Waals surface area contributed by atoms with E-state index in [0.29, 0.717) is 10.8 Å². The summed E-state index contributed by atoms with van der Waals surface area (Å²) in [6.45, 7) is 1.62. The SMILES string of the molecule is CC(O)c1csc(NC(=O)c2ccco2)n1. The van der Waals surface area contributed by atoms with Crippen molar-refractivity contribution in [1.82, 2.24) is 4.98 Å². The lowest BCUT2D eigenvalue weighted by atomic mass is 10.3. The summed E-state index contributed by atoms with van der Waals surface area (Å²) in [5.74, 6) is -0.120. The smallest absolute Gasteiger partial charge is 0.293 e. The van der Waals surface area contributed by atoms with E-state index in [4.69, 9.17) is 4.42 Å². The van der Waals surface area contributed by atoms with Crippen molar-refractivity contribution in [3.63, 3.8) is 0 Å². The van der Waals surface area contributed by atoms with Gasteiger partial charge in [-0.25, -0.2) is 4.98 Å². The third-order valence-corrected chi connectivity index (χ3v) is 2.69. The van der Waals surface area contributed by atoms with Crippen LogP contribution in [-0.2, 0) is 0 Å². The van der Waals surface area contributed by atoms with Gasteiger partial charge in [-0.3, -0.25) is 10.1 Å². The molecule has 0 bridgehead atoms. The van der Waals surface area contributed by atoms with Gasteiger partial charge >= 0.3 is 0 Å². The fraction of sp³-hybridized carbons (Fsp3) is 0.200. The van der Waals surface area contributed by atoms with Crippen LogP contribution in [0.3, 0.4) is 0 Å². The van der Waals surface area contributed by atoms with Gasteiger partial charge in [0.15, 0.2) is 10.9 Å². The number of thiazole rings is 1. The molecule has 2 N–H and O–H groups in total. The lowest BCUT2D eigenvalue weighted by Gasteiger charge is -1.98. The Morgan fingerprint density at radius 2 is 2.50 bits per heavy atom. The Hall–Kier alpha value is -1.66. The van der Waals surface area contributed by atoms with E-state index in [1.54, 1.807) is 24.4 Å². The molecule has 1 atom stereocenters. The van der Waals surface area contributed by atoms with Crippen LogP contribution in [0.25, 0.3) is 0 Å². The number of hydrogen-bond acceptors (Lipinski definition) is 5. The van der Waals surface area contributed by atoms with E-state index in [2.05, 4.69) is 10.3 Å². The highest BCUT2D eigenvalue weighted by Crippen LogP contribution is 2.20. The summed E-state index contributed by atoms with van der Waals surface area (Å²) in [6.07, 6.45) is 0.795. The molecule has 84 valence electrons. The molecule has 0 saturated carbocycles. The van der Waals surface area contributed by atoms with Crippen LogP contribution in [0.15, 0.2) is 28.2 Å². The Balaban J connectivity index is 2.07. The number of carbonyl (C=O) groups is 1. The van der Waals surface area contributed by atoms with Gasteiger partial charge in [-0.2, -0.15) is 0 Å². The first kappa shape index (κ1) is 10.8. The fourth-order valence-corrected chi connectivity index (χ4v) is 1.89. The number of furan rings is 1. The standard InChI is InChI=1S/C10H10N2O3S/c1-6(13)7-5-16-10(11-7)12-9(14)8-3-2-4-15-8/h2-6,13H,1H3,(H,11,12,14). The molecule has 2 rings (SSSR count). The van der Waals surface area contributed by atoms with E-state index in [0.717, 1.165) is 0 Å². The van der Waals surface area contributed by atoms with Crippen molar-refractivity contribution in [3.05, 3.63) is 35.2 Å². The lowest BCUT2D eigenvalue weighted by Crippen LogP contribution is -2.10. The van der Waals surface area contributed by atoms with Crippen molar-refractivity contribution >= 4 is 22.4 Å². The van der Waals surface area contributed by atoms with Crippen molar-refractivity contribution in [1.29, 1.82) is 0 Å². The second-order valence-electron chi connectivity index (χ2n) is 3.18. The van der Waals surface area contributed by atoms with E-state index in [9.17, 15) is 9.90 Å². The number of nitrogens with one attached hydrogen (secondary N) is 1. The van der Waals surface area contributed by atoms with Crippen molar-refractivity contribution < 1.29 is 14.3 Å². The van der Waals surface area contributed by atoms with Gasteiger partial charge in [0.05, 0.1) is 18.1 Å². The van der Waals surface area contributed by atoms with E-state index in [1.807, 2.05) is 0 Å². The molecule has 0 fully saturated rings. The highest BCUT2D eigenvalue weighted by atomic mass is 32.1. The number of amides is 1. The zero-order valence-corrected chi connectivity index (χ0v) is 9.32. The maximum Gasteiger partial charge on any atom is 0.293 e. The molecule has 0 aliphatic heterocycles. The molecule has 2 aromatic heterocycles. The Kier molecular flexibility index (Phi) is 3.02. The fourth-order valence-electron chi connectivity index (χ4n) is 1.10. The summed E-state index contributed by atoms with van der Waals surface area (Å²) in [7, 11) is 0. The van der Waals surface area contributed by atoms with Crippen LogP contribution in [0, 0.1) is 0 Å². The van der Waals surface area contributed by atoms with E-state index >= 15 is 0 Å². The second kappa shape index (κ2) is 4.46. The molecule has 0 spiro atoms. The maximum absolute atomic E-state index is 11.6. The van der Waals surface area contributed by atoms with E-state index in [-0.39, 0.29) is 11.7 Å². The predicted octanol–water partition coefficient (Wildman–Crippen LogP) is 2.04. The summed E-state index contributed by atoms with van der Waals surface area (Å²) in [4.78, 5) is 15.6. The van der Waals surface area contributed by atoms with Crippen molar-refractivity contribution in [2.45, 2.75) is 13.0 Å². The molecule has 2 aromatic rings. The number of aromatic nitrogens is 1. The predicted molar refractivity (Wildman–Crippen MR) is 59.4 cm³/mol. The van der Waals surface area contributed by atoms with Gasteiger partial charge in [0.1, 0.15) is 0 Å². The molecule has 0 aliphatic rings. The monoisotopic (exact) mass is 238 g/mol. The molecule has 16 heavy (non-hydrogen) atoms. The number of hydrogen-bond donors (Lipinski definition) is 2. The molecule has 2 heterocycles. The number of anilines is 1. The molecule has 6 heteroatoms. The minimum absolute atomic E-state index is 0.230. The molecule has 1 unspecified atom stereocenters. The Morgan fingerprint density at radius 1 is 1.69 bits per heavy atom. The summed E-state index contributed by atoms with van der Waals surface area (Å²) < 4.78 is 4.94. The van der Waals surface area contributed by atoms with Crippen molar-refractivity contribution in [3.8, 4) is 0 Å². The van der Waals surface area contributed by atoms with Gasteiger partial charge in [-0.05, 0) is 19.1 Å². The van der Waals surface area contributed by atoms with E-state index < -0.39 is 6.10 Å². The lowest BCUT2D eigenvalue weighted by molar-refractivity contribution is 0.0996. The van der Waals surface area contributed by atoms with Crippen LogP contribution in [0.5, 0.6) is 0 Å². The van der Waals surface area contributed by atoms with Crippen molar-refractivity contribution in [2.24, 2.45) is 0 Å². The molecule has 5 nitrogen and oxygen atoms in total. The van der Waals surface area contributed by atoms with Gasteiger partial charge in [-0.15, -0.1) is 11.3 Å². The summed E-state index contributed by atoms with van der Waals surface area (Å²) >= 11 is 1.26. The summed E-state index contributed by atoms with van der Waals surface area (Å²) in [5.41, 5.74) is 0.541. The van der Waals surface area contributed by atoms with E-state index in [1.165, 1.54) is 17.6 Å². The Labute approximate surface area is 95.7 Å². The molecule has 1 amide bonds. The first-order valence-electron chi connectivity index (χ1n) is 4.65. The normalized spacial score (nSPS) is 12.4. The Morgan fingerprint density at radius 3 is 3.06 bits per heavy atom. The van der Waals surface area contributed by atoms with Crippen LogP contribution in [0.4, 0.5) is 5.13 Å². The van der Waals surface area contributed by atoms with Crippen LogP contribution in [0.2, 0.25) is 0 Å². The topological polar surface area (TPSA) is 75.4 Å². The van der Waals surface area contributed by atoms with Gasteiger partial charge in [0, 0.05) is 5.38 Å². The largest absolute Gasteiger partial charge is 0.459 e. The summed E-state index contributed by atoms with van der Waals surface area (Å²) in [6, 6.07) is 3.20. The van der Waals surface area contributed by atoms with Crippen molar-refractivity contribution in [2.75, 3.05) is 5.32 Å². The molecule has 0 radical (unpaired) electrons. The Bertz CT molecular complexity index is 476. The average Bonchev–Trinajstić information content (AvgIpc) is 2.87. The molecule has 0 saturated heterocycles.